The van der Waals surface area contributed by atoms with Crippen molar-refractivity contribution >= 4 is 17.3 Å². The number of nitrogens with zero attached hydrogens (tertiary/aromatic N) is 2. The second kappa shape index (κ2) is 5.29. The van der Waals surface area contributed by atoms with E-state index < -0.39 is 11.0 Å². The number of hydrogen-bond donors (Lipinski definition) is 1. The van der Waals surface area contributed by atoms with E-state index >= 15 is 0 Å². The van der Waals surface area contributed by atoms with E-state index in [1.54, 1.807) is 33.2 Å². The highest BCUT2D eigenvalue weighted by molar-refractivity contribution is 5.83. The fourth-order valence-corrected chi connectivity index (χ4v) is 1.41. The van der Waals surface area contributed by atoms with Gasteiger partial charge in [-0.2, -0.15) is 0 Å². The molecule has 1 aromatic rings. The summed E-state index contributed by atoms with van der Waals surface area (Å²) >= 11 is 0. The van der Waals surface area contributed by atoms with E-state index in [2.05, 4.69) is 5.32 Å². The molecule has 0 aliphatic rings. The number of nitro groups is 1. The number of amides is 1. The van der Waals surface area contributed by atoms with Crippen LogP contribution in [-0.4, -0.2) is 35.9 Å². The van der Waals surface area contributed by atoms with Crippen molar-refractivity contribution in [3.63, 3.8) is 0 Å². The van der Waals surface area contributed by atoms with Gasteiger partial charge in [-0.1, -0.05) is 6.07 Å². The van der Waals surface area contributed by atoms with Crippen LogP contribution in [0.3, 0.4) is 0 Å². The minimum absolute atomic E-state index is 0.000461. The molecule has 0 fully saturated rings. The third kappa shape index (κ3) is 3.44. The summed E-state index contributed by atoms with van der Waals surface area (Å²) in [5.41, 5.74) is 0.557. The first-order valence-corrected chi connectivity index (χ1v) is 5.14. The van der Waals surface area contributed by atoms with Gasteiger partial charge >= 0.3 is 0 Å². The lowest BCUT2D eigenvalue weighted by molar-refractivity contribution is -0.384. The fourth-order valence-electron chi connectivity index (χ4n) is 1.41. The first-order valence-electron chi connectivity index (χ1n) is 5.14. The Labute approximate surface area is 99.4 Å². The molecule has 0 aliphatic heterocycles. The molecule has 1 rings (SSSR count). The quantitative estimate of drug-likeness (QED) is 0.635. The minimum Gasteiger partial charge on any atom is -0.374 e. The molecular formula is C11H15N3O3. The molecule has 0 unspecified atom stereocenters. The maximum Gasteiger partial charge on any atom is 0.271 e. The number of hydrogen-bond acceptors (Lipinski definition) is 4. The first-order chi connectivity index (χ1) is 7.91. The summed E-state index contributed by atoms with van der Waals surface area (Å²) in [7, 11) is 3.32. The van der Waals surface area contributed by atoms with Gasteiger partial charge in [0.2, 0.25) is 5.91 Å². The van der Waals surface area contributed by atoms with Crippen LogP contribution < -0.4 is 5.32 Å². The number of non-ortho nitro benzene ring substituents is 1. The molecular weight excluding hydrogens is 222 g/mol. The molecule has 0 saturated carbocycles. The van der Waals surface area contributed by atoms with Crippen LogP contribution in [0.15, 0.2) is 24.3 Å². The summed E-state index contributed by atoms with van der Waals surface area (Å²) in [4.78, 5) is 23.2. The van der Waals surface area contributed by atoms with Crippen LogP contribution in [0.25, 0.3) is 0 Å². The Bertz CT molecular complexity index is 432. The van der Waals surface area contributed by atoms with Gasteiger partial charge in [-0.05, 0) is 13.0 Å². The number of carbonyl (C=O) groups is 1. The highest BCUT2D eigenvalue weighted by Gasteiger charge is 2.15. The molecule has 92 valence electrons. The Hall–Kier alpha value is -2.11. The van der Waals surface area contributed by atoms with Crippen LogP contribution in [0.5, 0.6) is 0 Å². The van der Waals surface area contributed by atoms with Crippen LogP contribution in [-0.2, 0) is 4.79 Å². The zero-order valence-electron chi connectivity index (χ0n) is 10.0. The highest BCUT2D eigenvalue weighted by Crippen LogP contribution is 2.17. The maximum absolute atomic E-state index is 11.6. The maximum atomic E-state index is 11.6. The zero-order valence-corrected chi connectivity index (χ0v) is 10.0. The Morgan fingerprint density at radius 1 is 1.47 bits per heavy atom. The largest absolute Gasteiger partial charge is 0.374 e. The number of carbonyl (C=O) groups excluding carboxylic acids is 1. The molecule has 0 heterocycles. The minimum atomic E-state index is -0.469. The lowest BCUT2D eigenvalue weighted by atomic mass is 10.2. The van der Waals surface area contributed by atoms with Crippen LogP contribution in [0.2, 0.25) is 0 Å². The standard InChI is InChI=1S/C11H15N3O3/c1-8(11(15)13(2)3)12-9-5-4-6-10(7-9)14(16)17/h4-8,12H,1-3H3/t8-/m1/s1. The average molecular weight is 237 g/mol. The molecule has 0 aromatic heterocycles. The average Bonchev–Trinajstić information content (AvgIpc) is 2.28. The van der Waals surface area contributed by atoms with Gasteiger partial charge in [0.05, 0.1) is 4.92 Å². The van der Waals surface area contributed by atoms with Crippen molar-refractivity contribution < 1.29 is 9.72 Å². The summed E-state index contributed by atoms with van der Waals surface area (Å²) in [5.74, 6) is -0.0866. The molecule has 17 heavy (non-hydrogen) atoms. The van der Waals surface area contributed by atoms with Crippen molar-refractivity contribution in [3.05, 3.63) is 34.4 Å². The Balaban J connectivity index is 2.78. The zero-order chi connectivity index (χ0) is 13.0. The fraction of sp³-hybridized carbons (Fsp3) is 0.364. The molecule has 0 radical (unpaired) electrons. The van der Waals surface area contributed by atoms with Crippen molar-refractivity contribution in [2.24, 2.45) is 0 Å². The lowest BCUT2D eigenvalue weighted by Gasteiger charge is -2.18. The molecule has 0 aliphatic carbocycles. The van der Waals surface area contributed by atoms with Crippen LogP contribution >= 0.6 is 0 Å². The second-order valence-electron chi connectivity index (χ2n) is 3.91. The van der Waals surface area contributed by atoms with E-state index in [-0.39, 0.29) is 11.6 Å². The number of nitrogens with one attached hydrogen (secondary N) is 1. The third-order valence-electron chi connectivity index (χ3n) is 2.25. The number of benzene rings is 1. The van der Waals surface area contributed by atoms with E-state index in [1.165, 1.54) is 17.0 Å². The lowest BCUT2D eigenvalue weighted by Crippen LogP contribution is -2.36. The van der Waals surface area contributed by atoms with E-state index in [1.807, 2.05) is 0 Å². The Morgan fingerprint density at radius 2 is 2.12 bits per heavy atom. The summed E-state index contributed by atoms with van der Waals surface area (Å²) in [5, 5.41) is 13.5. The SMILES string of the molecule is C[C@@H](Nc1cccc([N+](=O)[O-])c1)C(=O)N(C)C. The number of likely N-dealkylation sites (N-methyl/N-ethyl adjacent to an activating group) is 1. The van der Waals surface area contributed by atoms with Gasteiger partial charge in [0.25, 0.3) is 5.69 Å². The predicted molar refractivity (Wildman–Crippen MR) is 64.9 cm³/mol. The summed E-state index contributed by atoms with van der Waals surface area (Å²) in [6.45, 7) is 1.71. The van der Waals surface area contributed by atoms with Crippen molar-refractivity contribution in [1.82, 2.24) is 4.90 Å². The Morgan fingerprint density at radius 3 is 2.65 bits per heavy atom. The van der Waals surface area contributed by atoms with Crippen LogP contribution in [0, 0.1) is 10.1 Å². The topological polar surface area (TPSA) is 75.5 Å². The van der Waals surface area contributed by atoms with Gasteiger partial charge < -0.3 is 10.2 Å². The molecule has 1 atom stereocenters. The van der Waals surface area contributed by atoms with E-state index in [0.29, 0.717) is 5.69 Å². The summed E-state index contributed by atoms with van der Waals surface area (Å²) in [6.07, 6.45) is 0. The van der Waals surface area contributed by atoms with Gasteiger partial charge in [0.1, 0.15) is 6.04 Å². The monoisotopic (exact) mass is 237 g/mol. The first kappa shape index (κ1) is 13.0. The smallest absolute Gasteiger partial charge is 0.271 e. The van der Waals surface area contributed by atoms with E-state index in [4.69, 9.17) is 0 Å². The van der Waals surface area contributed by atoms with Crippen molar-refractivity contribution in [1.29, 1.82) is 0 Å². The molecule has 0 spiro atoms. The molecule has 1 amide bonds. The van der Waals surface area contributed by atoms with Crippen molar-refractivity contribution in [2.75, 3.05) is 19.4 Å². The van der Waals surface area contributed by atoms with Crippen molar-refractivity contribution in [2.45, 2.75) is 13.0 Å². The number of anilines is 1. The number of rotatable bonds is 4. The molecule has 0 saturated heterocycles. The van der Waals surface area contributed by atoms with Gasteiger partial charge in [-0.3, -0.25) is 14.9 Å². The summed E-state index contributed by atoms with van der Waals surface area (Å²) < 4.78 is 0. The molecule has 1 aromatic carbocycles. The van der Waals surface area contributed by atoms with Gasteiger partial charge in [-0.15, -0.1) is 0 Å². The third-order valence-corrected chi connectivity index (χ3v) is 2.25. The van der Waals surface area contributed by atoms with Crippen LogP contribution in [0.4, 0.5) is 11.4 Å². The molecule has 6 nitrogen and oxygen atoms in total. The normalized spacial score (nSPS) is 11.7. The van der Waals surface area contributed by atoms with Gasteiger partial charge in [0.15, 0.2) is 0 Å². The molecule has 6 heteroatoms. The Kier molecular flexibility index (Phi) is 4.03. The van der Waals surface area contributed by atoms with Crippen LogP contribution in [0.1, 0.15) is 6.92 Å². The van der Waals surface area contributed by atoms with E-state index in [9.17, 15) is 14.9 Å². The molecule has 0 bridgehead atoms. The number of nitro benzene ring substituents is 1. The second-order valence-corrected chi connectivity index (χ2v) is 3.91. The highest BCUT2D eigenvalue weighted by atomic mass is 16.6. The molecule has 1 N–H and O–H groups in total. The van der Waals surface area contributed by atoms with Crippen molar-refractivity contribution in [3.8, 4) is 0 Å². The van der Waals surface area contributed by atoms with Gasteiger partial charge in [0, 0.05) is 31.9 Å². The van der Waals surface area contributed by atoms with E-state index in [0.717, 1.165) is 0 Å². The summed E-state index contributed by atoms with van der Waals surface area (Å²) in [6, 6.07) is 5.65. The predicted octanol–water partition coefficient (Wildman–Crippen LogP) is 1.48. The van der Waals surface area contributed by atoms with Gasteiger partial charge in [-0.25, -0.2) is 0 Å².